The molecule has 0 aliphatic carbocycles. The van der Waals surface area contributed by atoms with E-state index < -0.39 is 11.9 Å². The maximum absolute atomic E-state index is 11.6. The van der Waals surface area contributed by atoms with Crippen LogP contribution in [0.25, 0.3) is 0 Å². The van der Waals surface area contributed by atoms with E-state index in [-0.39, 0.29) is 5.92 Å². The number of ether oxygens (including phenoxy) is 1. The molecule has 1 saturated heterocycles. The van der Waals surface area contributed by atoms with Gasteiger partial charge in [-0.05, 0) is 13.8 Å². The number of rotatable bonds is 4. The third-order valence-corrected chi connectivity index (χ3v) is 2.98. The highest BCUT2D eigenvalue weighted by molar-refractivity contribution is 5.90. The number of carboxylic acid groups (broad SMARTS) is 1. The summed E-state index contributed by atoms with van der Waals surface area (Å²) < 4.78 is 4.89. The van der Waals surface area contributed by atoms with Gasteiger partial charge in [0.25, 0.3) is 0 Å². The van der Waals surface area contributed by atoms with Crippen LogP contribution in [0.1, 0.15) is 23.0 Å². The van der Waals surface area contributed by atoms with Crippen LogP contribution in [-0.4, -0.2) is 46.7 Å². The standard InChI is InChI=1S/C12H15N3O4/c1-3-19-11(18)9-4-13-12(14-7(9)2)15-5-8(6-15)10(16)17/h4,8H,3,5-6H2,1-2H3,(H,16,17). The van der Waals surface area contributed by atoms with Crippen LogP contribution in [-0.2, 0) is 9.53 Å². The van der Waals surface area contributed by atoms with E-state index in [0.717, 1.165) is 0 Å². The van der Waals surface area contributed by atoms with E-state index in [4.69, 9.17) is 9.84 Å². The van der Waals surface area contributed by atoms with Crippen molar-refractivity contribution in [3.63, 3.8) is 0 Å². The first-order valence-corrected chi connectivity index (χ1v) is 6.01. The largest absolute Gasteiger partial charge is 0.481 e. The number of aliphatic carboxylic acids is 1. The van der Waals surface area contributed by atoms with E-state index in [9.17, 15) is 9.59 Å². The quantitative estimate of drug-likeness (QED) is 0.791. The maximum Gasteiger partial charge on any atom is 0.341 e. The highest BCUT2D eigenvalue weighted by Crippen LogP contribution is 2.22. The molecule has 0 amide bonds. The predicted molar refractivity (Wildman–Crippen MR) is 66.1 cm³/mol. The third kappa shape index (κ3) is 2.64. The van der Waals surface area contributed by atoms with E-state index in [1.54, 1.807) is 18.7 Å². The Balaban J connectivity index is 2.08. The van der Waals surface area contributed by atoms with Crippen molar-refractivity contribution in [2.45, 2.75) is 13.8 Å². The Morgan fingerprint density at radius 1 is 1.53 bits per heavy atom. The normalized spacial score (nSPS) is 14.9. The van der Waals surface area contributed by atoms with Crippen LogP contribution in [0.2, 0.25) is 0 Å². The molecule has 1 aromatic heterocycles. The first-order valence-electron chi connectivity index (χ1n) is 6.01. The lowest BCUT2D eigenvalue weighted by Crippen LogP contribution is -2.51. The van der Waals surface area contributed by atoms with Crippen molar-refractivity contribution in [1.82, 2.24) is 9.97 Å². The molecule has 1 fully saturated rings. The van der Waals surface area contributed by atoms with Gasteiger partial charge in [0.2, 0.25) is 5.95 Å². The van der Waals surface area contributed by atoms with Crippen molar-refractivity contribution < 1.29 is 19.4 Å². The predicted octanol–water partition coefficient (Wildman–Crippen LogP) is 0.483. The van der Waals surface area contributed by atoms with Gasteiger partial charge < -0.3 is 14.7 Å². The van der Waals surface area contributed by atoms with Gasteiger partial charge in [0.05, 0.1) is 23.8 Å². The summed E-state index contributed by atoms with van der Waals surface area (Å²) in [6.07, 6.45) is 1.42. The lowest BCUT2D eigenvalue weighted by molar-refractivity contribution is -0.142. The molecule has 1 aliphatic rings. The number of nitrogens with zero attached hydrogens (tertiary/aromatic N) is 3. The van der Waals surface area contributed by atoms with Crippen LogP contribution < -0.4 is 4.90 Å². The summed E-state index contributed by atoms with van der Waals surface area (Å²) in [7, 11) is 0. The van der Waals surface area contributed by atoms with Gasteiger partial charge in [-0.15, -0.1) is 0 Å². The summed E-state index contributed by atoms with van der Waals surface area (Å²) in [6, 6.07) is 0. The fourth-order valence-corrected chi connectivity index (χ4v) is 1.81. The molecule has 1 N–H and O–H groups in total. The molecule has 7 heteroatoms. The number of aromatic nitrogens is 2. The number of carboxylic acids is 1. The Morgan fingerprint density at radius 3 is 2.74 bits per heavy atom. The number of carbonyl (C=O) groups excluding carboxylic acids is 1. The van der Waals surface area contributed by atoms with Crippen LogP contribution in [0.5, 0.6) is 0 Å². The van der Waals surface area contributed by atoms with Gasteiger partial charge in [-0.2, -0.15) is 0 Å². The van der Waals surface area contributed by atoms with Crippen LogP contribution in [0, 0.1) is 12.8 Å². The summed E-state index contributed by atoms with van der Waals surface area (Å²) in [5, 5.41) is 8.80. The lowest BCUT2D eigenvalue weighted by atomic mass is 10.0. The summed E-state index contributed by atoms with van der Waals surface area (Å²) >= 11 is 0. The Kier molecular flexibility index (Phi) is 3.64. The van der Waals surface area contributed by atoms with E-state index >= 15 is 0 Å². The van der Waals surface area contributed by atoms with E-state index in [2.05, 4.69) is 9.97 Å². The zero-order valence-electron chi connectivity index (χ0n) is 10.8. The minimum absolute atomic E-state index is 0.298. The van der Waals surface area contributed by atoms with Gasteiger partial charge in [-0.25, -0.2) is 14.8 Å². The Bertz CT molecular complexity index is 512. The minimum atomic E-state index is -0.809. The molecule has 102 valence electrons. The molecular formula is C12H15N3O4. The van der Waals surface area contributed by atoms with Crippen LogP contribution >= 0.6 is 0 Å². The SMILES string of the molecule is CCOC(=O)c1cnc(N2CC(C(=O)O)C2)nc1C. The molecule has 1 aliphatic heterocycles. The van der Waals surface area contributed by atoms with Gasteiger partial charge in [0, 0.05) is 19.3 Å². The van der Waals surface area contributed by atoms with E-state index in [0.29, 0.717) is 36.9 Å². The number of carbonyl (C=O) groups is 2. The molecule has 0 saturated carbocycles. The van der Waals surface area contributed by atoms with Crippen molar-refractivity contribution in [2.75, 3.05) is 24.6 Å². The van der Waals surface area contributed by atoms with Crippen molar-refractivity contribution >= 4 is 17.9 Å². The van der Waals surface area contributed by atoms with E-state index in [1.807, 2.05) is 0 Å². The summed E-state index contributed by atoms with van der Waals surface area (Å²) in [5.41, 5.74) is 0.864. The lowest BCUT2D eigenvalue weighted by Gasteiger charge is -2.36. The molecule has 0 radical (unpaired) electrons. The smallest absolute Gasteiger partial charge is 0.341 e. The van der Waals surface area contributed by atoms with Crippen LogP contribution in [0.3, 0.4) is 0 Å². The van der Waals surface area contributed by atoms with Crippen molar-refractivity contribution in [3.05, 3.63) is 17.5 Å². The second-order valence-electron chi connectivity index (χ2n) is 4.33. The van der Waals surface area contributed by atoms with Gasteiger partial charge in [-0.1, -0.05) is 0 Å². The average molecular weight is 265 g/mol. The number of esters is 1. The summed E-state index contributed by atoms with van der Waals surface area (Å²) in [5.74, 6) is -1.17. The van der Waals surface area contributed by atoms with Gasteiger partial charge >= 0.3 is 11.9 Å². The topological polar surface area (TPSA) is 92.6 Å². The second-order valence-corrected chi connectivity index (χ2v) is 4.33. The third-order valence-electron chi connectivity index (χ3n) is 2.98. The number of aryl methyl sites for hydroxylation is 1. The molecule has 0 spiro atoms. The number of hydrogen-bond acceptors (Lipinski definition) is 6. The minimum Gasteiger partial charge on any atom is -0.481 e. The molecule has 0 unspecified atom stereocenters. The van der Waals surface area contributed by atoms with Crippen LogP contribution in [0.4, 0.5) is 5.95 Å². The fraction of sp³-hybridized carbons (Fsp3) is 0.500. The Labute approximate surface area is 110 Å². The number of anilines is 1. The zero-order chi connectivity index (χ0) is 14.0. The van der Waals surface area contributed by atoms with Gasteiger partial charge in [0.1, 0.15) is 0 Å². The summed E-state index contributed by atoms with van der Waals surface area (Å²) in [6.45, 7) is 4.52. The van der Waals surface area contributed by atoms with Crippen molar-refractivity contribution in [2.24, 2.45) is 5.92 Å². The molecule has 0 atom stereocenters. The molecule has 2 heterocycles. The molecule has 0 bridgehead atoms. The molecule has 7 nitrogen and oxygen atoms in total. The molecule has 1 aromatic rings. The molecular weight excluding hydrogens is 250 g/mol. The first kappa shape index (κ1) is 13.3. The Morgan fingerprint density at radius 2 is 2.21 bits per heavy atom. The van der Waals surface area contributed by atoms with Gasteiger partial charge in [-0.3, -0.25) is 4.79 Å². The average Bonchev–Trinajstić information content (AvgIpc) is 2.26. The van der Waals surface area contributed by atoms with Crippen LogP contribution in [0.15, 0.2) is 6.20 Å². The summed E-state index contributed by atoms with van der Waals surface area (Å²) in [4.78, 5) is 32.3. The molecule has 2 rings (SSSR count). The number of hydrogen-bond donors (Lipinski definition) is 1. The monoisotopic (exact) mass is 265 g/mol. The molecule has 0 aromatic carbocycles. The maximum atomic E-state index is 11.6. The Hall–Kier alpha value is -2.18. The van der Waals surface area contributed by atoms with E-state index in [1.165, 1.54) is 6.20 Å². The second kappa shape index (κ2) is 5.21. The highest BCUT2D eigenvalue weighted by atomic mass is 16.5. The highest BCUT2D eigenvalue weighted by Gasteiger charge is 2.34. The zero-order valence-corrected chi connectivity index (χ0v) is 10.8. The van der Waals surface area contributed by atoms with Crippen molar-refractivity contribution in [3.8, 4) is 0 Å². The fourth-order valence-electron chi connectivity index (χ4n) is 1.81. The first-order chi connectivity index (χ1) is 9.02. The van der Waals surface area contributed by atoms with Crippen molar-refractivity contribution in [1.29, 1.82) is 0 Å². The van der Waals surface area contributed by atoms with Gasteiger partial charge in [0.15, 0.2) is 0 Å². The molecule has 19 heavy (non-hydrogen) atoms.